The summed E-state index contributed by atoms with van der Waals surface area (Å²) in [5, 5.41) is 12.3. The maximum atomic E-state index is 11.8. The van der Waals surface area contributed by atoms with Crippen LogP contribution >= 0.6 is 0 Å². The van der Waals surface area contributed by atoms with Crippen LogP contribution in [0.3, 0.4) is 0 Å². The van der Waals surface area contributed by atoms with Gasteiger partial charge in [0.15, 0.2) is 11.5 Å². The van der Waals surface area contributed by atoms with Crippen LogP contribution in [0, 0.1) is 0 Å². The number of ether oxygens (including phenoxy) is 3. The van der Waals surface area contributed by atoms with E-state index in [1.54, 1.807) is 26.4 Å². The molecule has 0 bridgehead atoms. The van der Waals surface area contributed by atoms with E-state index in [9.17, 15) is 9.90 Å². The Bertz CT molecular complexity index is 675. The summed E-state index contributed by atoms with van der Waals surface area (Å²) in [6, 6.07) is 14.8. The van der Waals surface area contributed by atoms with E-state index in [1.807, 2.05) is 36.4 Å². The lowest BCUT2D eigenvalue weighted by molar-refractivity contribution is 0.137. The fraction of sp³-hybridized carbons (Fsp3) is 0.316. The number of carbonyl (C=O) groups excluding carboxylic acids is 1. The minimum Gasteiger partial charge on any atom is -0.493 e. The first-order valence-electron chi connectivity index (χ1n) is 7.95. The van der Waals surface area contributed by atoms with Gasteiger partial charge in [0.25, 0.3) is 0 Å². The lowest BCUT2D eigenvalue weighted by atomic mass is 9.99. The third kappa shape index (κ3) is 5.39. The van der Waals surface area contributed by atoms with Crippen molar-refractivity contribution in [3.05, 3.63) is 59.7 Å². The number of methoxy groups -OCH3 is 2. The van der Waals surface area contributed by atoms with Crippen molar-refractivity contribution in [1.29, 1.82) is 0 Å². The second-order valence-electron chi connectivity index (χ2n) is 5.44. The van der Waals surface area contributed by atoms with Gasteiger partial charge < -0.3 is 24.6 Å². The Labute approximate surface area is 147 Å². The predicted octanol–water partition coefficient (Wildman–Crippen LogP) is 2.71. The molecular formula is C19H23NO5. The summed E-state index contributed by atoms with van der Waals surface area (Å²) in [6.45, 7) is 0.334. The van der Waals surface area contributed by atoms with Crippen molar-refractivity contribution in [2.75, 3.05) is 27.4 Å². The number of rotatable bonds is 8. The normalized spacial score (nSPS) is 11.5. The van der Waals surface area contributed by atoms with Gasteiger partial charge in [0.1, 0.15) is 6.61 Å². The molecule has 25 heavy (non-hydrogen) atoms. The van der Waals surface area contributed by atoms with Crippen LogP contribution in [0.5, 0.6) is 11.5 Å². The zero-order valence-electron chi connectivity index (χ0n) is 14.4. The molecule has 0 radical (unpaired) electrons. The first kappa shape index (κ1) is 18.6. The Morgan fingerprint density at radius 3 is 2.44 bits per heavy atom. The van der Waals surface area contributed by atoms with Crippen LogP contribution in [-0.2, 0) is 11.3 Å². The molecule has 1 amide bonds. The van der Waals surface area contributed by atoms with Crippen LogP contribution in [0.2, 0.25) is 0 Å². The number of benzene rings is 2. The van der Waals surface area contributed by atoms with Crippen molar-refractivity contribution in [2.45, 2.75) is 12.5 Å². The second-order valence-corrected chi connectivity index (χ2v) is 5.44. The summed E-state index contributed by atoms with van der Waals surface area (Å²) in [5.74, 6) is 0.910. The summed E-state index contributed by atoms with van der Waals surface area (Å²) in [5.41, 5.74) is 1.75. The topological polar surface area (TPSA) is 77.0 Å². The number of alkyl carbamates (subject to hydrolysis) is 1. The summed E-state index contributed by atoms with van der Waals surface area (Å²) in [7, 11) is 3.11. The highest BCUT2D eigenvalue weighted by Crippen LogP contribution is 2.30. The zero-order valence-corrected chi connectivity index (χ0v) is 14.4. The number of carbonyl (C=O) groups is 1. The minimum absolute atomic E-state index is 0.117. The van der Waals surface area contributed by atoms with E-state index in [2.05, 4.69) is 5.32 Å². The van der Waals surface area contributed by atoms with Gasteiger partial charge >= 0.3 is 6.09 Å². The molecule has 2 N–H and O–H groups in total. The first-order chi connectivity index (χ1) is 12.2. The molecule has 6 heteroatoms. The average Bonchev–Trinajstić information content (AvgIpc) is 2.67. The number of amides is 1. The molecule has 2 aromatic rings. The predicted molar refractivity (Wildman–Crippen MR) is 94.0 cm³/mol. The van der Waals surface area contributed by atoms with Gasteiger partial charge in [0.2, 0.25) is 0 Å². The van der Waals surface area contributed by atoms with E-state index in [0.29, 0.717) is 11.5 Å². The molecule has 0 spiro atoms. The first-order valence-corrected chi connectivity index (χ1v) is 7.95. The number of aliphatic hydroxyl groups excluding tert-OH is 1. The van der Waals surface area contributed by atoms with Crippen LogP contribution in [0.1, 0.15) is 17.0 Å². The molecule has 2 aromatic carbocycles. The van der Waals surface area contributed by atoms with Crippen LogP contribution in [0.4, 0.5) is 4.79 Å². The van der Waals surface area contributed by atoms with E-state index < -0.39 is 6.09 Å². The van der Waals surface area contributed by atoms with Crippen molar-refractivity contribution in [2.24, 2.45) is 0 Å². The highest BCUT2D eigenvalue weighted by atomic mass is 16.5. The van der Waals surface area contributed by atoms with Gasteiger partial charge in [0.05, 0.1) is 20.8 Å². The molecule has 1 atom stereocenters. The lowest BCUT2D eigenvalue weighted by Gasteiger charge is -2.17. The van der Waals surface area contributed by atoms with Crippen molar-refractivity contribution in [1.82, 2.24) is 5.32 Å². The molecule has 1 unspecified atom stereocenters. The summed E-state index contributed by atoms with van der Waals surface area (Å²) in [4.78, 5) is 11.8. The van der Waals surface area contributed by atoms with E-state index in [4.69, 9.17) is 14.2 Å². The maximum absolute atomic E-state index is 11.8. The molecule has 2 rings (SSSR count). The maximum Gasteiger partial charge on any atom is 0.407 e. The molecule has 0 fully saturated rings. The van der Waals surface area contributed by atoms with Gasteiger partial charge in [-0.25, -0.2) is 4.79 Å². The Morgan fingerprint density at radius 1 is 1.08 bits per heavy atom. The lowest BCUT2D eigenvalue weighted by Crippen LogP contribution is -2.30. The monoisotopic (exact) mass is 345 g/mol. The molecule has 6 nitrogen and oxygen atoms in total. The highest BCUT2D eigenvalue weighted by Gasteiger charge is 2.15. The number of hydrogen-bond donors (Lipinski definition) is 2. The molecule has 0 heterocycles. The Morgan fingerprint density at radius 2 is 1.80 bits per heavy atom. The minimum atomic E-state index is -0.525. The van der Waals surface area contributed by atoms with Crippen molar-refractivity contribution >= 4 is 6.09 Å². The molecule has 0 saturated carbocycles. The number of aliphatic hydroxyl groups is 1. The average molecular weight is 345 g/mol. The van der Waals surface area contributed by atoms with Crippen LogP contribution in [0.15, 0.2) is 48.5 Å². The van der Waals surface area contributed by atoms with Crippen molar-refractivity contribution < 1.29 is 24.1 Å². The van der Waals surface area contributed by atoms with E-state index in [-0.39, 0.29) is 25.7 Å². The Balaban J connectivity index is 1.90. The second kappa shape index (κ2) is 9.54. The molecule has 0 aliphatic carbocycles. The summed E-state index contributed by atoms with van der Waals surface area (Å²) in [6.07, 6.45) is -0.525. The largest absolute Gasteiger partial charge is 0.493 e. The highest BCUT2D eigenvalue weighted by molar-refractivity contribution is 5.67. The van der Waals surface area contributed by atoms with Crippen LogP contribution in [0.25, 0.3) is 0 Å². The number of hydrogen-bond acceptors (Lipinski definition) is 5. The molecule has 0 saturated heterocycles. The SMILES string of the molecule is COc1ccc(C(CO)CNC(=O)OCc2ccccc2)cc1OC. The van der Waals surface area contributed by atoms with E-state index in [1.165, 1.54) is 0 Å². The smallest absolute Gasteiger partial charge is 0.407 e. The third-order valence-electron chi connectivity index (χ3n) is 3.80. The van der Waals surface area contributed by atoms with Crippen LogP contribution in [-0.4, -0.2) is 38.6 Å². The van der Waals surface area contributed by atoms with E-state index >= 15 is 0 Å². The van der Waals surface area contributed by atoms with Gasteiger partial charge in [-0.2, -0.15) is 0 Å². The van der Waals surface area contributed by atoms with Gasteiger partial charge in [-0.1, -0.05) is 36.4 Å². The summed E-state index contributed by atoms with van der Waals surface area (Å²) < 4.78 is 15.6. The van der Waals surface area contributed by atoms with Gasteiger partial charge in [-0.15, -0.1) is 0 Å². The molecule has 0 aliphatic rings. The Hall–Kier alpha value is -2.73. The van der Waals surface area contributed by atoms with Crippen LogP contribution < -0.4 is 14.8 Å². The van der Waals surface area contributed by atoms with Crippen molar-refractivity contribution in [3.8, 4) is 11.5 Å². The third-order valence-corrected chi connectivity index (χ3v) is 3.80. The fourth-order valence-corrected chi connectivity index (χ4v) is 2.38. The van der Waals surface area contributed by atoms with Gasteiger partial charge in [0, 0.05) is 12.5 Å². The van der Waals surface area contributed by atoms with Crippen molar-refractivity contribution in [3.63, 3.8) is 0 Å². The summed E-state index contributed by atoms with van der Waals surface area (Å²) >= 11 is 0. The Kier molecular flexibility index (Phi) is 7.10. The van der Waals surface area contributed by atoms with Gasteiger partial charge in [-0.3, -0.25) is 0 Å². The number of nitrogens with one attached hydrogen (secondary N) is 1. The standard InChI is InChI=1S/C19H23NO5/c1-23-17-9-8-15(10-18(17)24-2)16(12-21)11-20-19(22)25-13-14-6-4-3-5-7-14/h3-10,16,21H,11-13H2,1-2H3,(H,20,22). The zero-order chi connectivity index (χ0) is 18.1. The fourth-order valence-electron chi connectivity index (χ4n) is 2.38. The van der Waals surface area contributed by atoms with Gasteiger partial charge in [-0.05, 0) is 23.3 Å². The molecule has 134 valence electrons. The van der Waals surface area contributed by atoms with E-state index in [0.717, 1.165) is 11.1 Å². The molecular weight excluding hydrogens is 322 g/mol. The molecule has 0 aromatic heterocycles. The molecule has 0 aliphatic heterocycles. The quantitative estimate of drug-likeness (QED) is 0.769.